The number of rotatable bonds is 3. The maximum absolute atomic E-state index is 12.5. The first-order valence-corrected chi connectivity index (χ1v) is 7.47. The number of benzene rings is 1. The Morgan fingerprint density at radius 2 is 1.91 bits per heavy atom. The van der Waals surface area contributed by atoms with E-state index in [4.69, 9.17) is 0 Å². The predicted octanol–water partition coefficient (Wildman–Crippen LogP) is 3.03. The number of H-pyrrole nitrogens is 2. The van der Waals surface area contributed by atoms with Crippen molar-refractivity contribution in [1.82, 2.24) is 9.97 Å². The zero-order valence-electron chi connectivity index (χ0n) is 13.3. The minimum absolute atomic E-state index is 0.00610. The molecule has 2 atom stereocenters. The van der Waals surface area contributed by atoms with Crippen LogP contribution in [-0.2, 0) is 4.79 Å². The lowest BCUT2D eigenvalue weighted by molar-refractivity contribution is -0.118. The number of nitrogens with one attached hydrogen (secondary N) is 3. The van der Waals surface area contributed by atoms with E-state index in [9.17, 15) is 9.59 Å². The second kappa shape index (κ2) is 4.87. The highest BCUT2D eigenvalue weighted by Crippen LogP contribution is 2.59. The lowest BCUT2D eigenvalue weighted by Gasteiger charge is -2.06. The fraction of sp³-hybridized carbons (Fsp3) is 0.412. The molecule has 116 valence electrons. The number of carbonyl (C=O) groups is 1. The predicted molar refractivity (Wildman–Crippen MR) is 87.7 cm³/mol. The van der Waals surface area contributed by atoms with Gasteiger partial charge in [-0.1, -0.05) is 25.5 Å². The Labute approximate surface area is 128 Å². The third kappa shape index (κ3) is 2.47. The molecular weight excluding hydrogens is 278 g/mol. The number of carbonyl (C=O) groups excluding carboxylic acids is 1. The molecule has 1 aliphatic carbocycles. The minimum Gasteiger partial charge on any atom is -0.326 e. The van der Waals surface area contributed by atoms with Crippen LogP contribution in [0.1, 0.15) is 27.7 Å². The third-order valence-corrected chi connectivity index (χ3v) is 4.49. The standard InChI is InChI=1S/C17H21N3O2/c1-9(2)7-11-14(17(11,3)4)15(21)18-10-5-6-12-13(8-10)20-16(22)19-12/h5-8,11,14H,1-4H3,(H,18,21)(H2,19,20,22)/t11-,14+/m0/s1. The maximum atomic E-state index is 12.5. The Bertz CT molecular complexity index is 822. The Morgan fingerprint density at radius 1 is 1.23 bits per heavy atom. The van der Waals surface area contributed by atoms with Gasteiger partial charge in [0.2, 0.25) is 5.91 Å². The molecule has 2 aromatic rings. The van der Waals surface area contributed by atoms with Crippen LogP contribution < -0.4 is 11.0 Å². The average molecular weight is 299 g/mol. The Morgan fingerprint density at radius 3 is 2.59 bits per heavy atom. The van der Waals surface area contributed by atoms with Crippen LogP contribution >= 0.6 is 0 Å². The topological polar surface area (TPSA) is 77.8 Å². The summed E-state index contributed by atoms with van der Waals surface area (Å²) in [4.78, 5) is 29.2. The van der Waals surface area contributed by atoms with E-state index in [-0.39, 0.29) is 28.8 Å². The van der Waals surface area contributed by atoms with Gasteiger partial charge >= 0.3 is 5.69 Å². The van der Waals surface area contributed by atoms with Crippen LogP contribution in [0.4, 0.5) is 5.69 Å². The van der Waals surface area contributed by atoms with Crippen LogP contribution in [0.2, 0.25) is 0 Å². The normalized spacial score (nSPS) is 22.4. The second-order valence-corrected chi connectivity index (χ2v) is 6.90. The number of imidazole rings is 1. The zero-order valence-corrected chi connectivity index (χ0v) is 13.3. The van der Waals surface area contributed by atoms with E-state index in [1.54, 1.807) is 18.2 Å². The van der Waals surface area contributed by atoms with Gasteiger partial charge in [-0.05, 0) is 43.4 Å². The summed E-state index contributed by atoms with van der Waals surface area (Å²) < 4.78 is 0. The summed E-state index contributed by atoms with van der Waals surface area (Å²) in [6.07, 6.45) is 2.18. The molecule has 1 heterocycles. The van der Waals surface area contributed by atoms with Gasteiger partial charge in [-0.25, -0.2) is 4.79 Å². The number of hydrogen-bond acceptors (Lipinski definition) is 2. The van der Waals surface area contributed by atoms with Gasteiger partial charge in [-0.2, -0.15) is 0 Å². The van der Waals surface area contributed by atoms with Gasteiger partial charge in [0, 0.05) is 5.69 Å². The molecule has 5 heteroatoms. The van der Waals surface area contributed by atoms with Crippen LogP contribution in [0.3, 0.4) is 0 Å². The summed E-state index contributed by atoms with van der Waals surface area (Å²) in [6, 6.07) is 5.36. The largest absolute Gasteiger partial charge is 0.326 e. The fourth-order valence-electron chi connectivity index (χ4n) is 3.18. The zero-order chi connectivity index (χ0) is 16.1. The van der Waals surface area contributed by atoms with E-state index in [0.29, 0.717) is 11.2 Å². The first-order valence-electron chi connectivity index (χ1n) is 7.47. The van der Waals surface area contributed by atoms with E-state index in [1.165, 1.54) is 5.57 Å². The van der Waals surface area contributed by atoms with Crippen LogP contribution in [0.25, 0.3) is 11.0 Å². The molecule has 1 aliphatic rings. The fourth-order valence-corrected chi connectivity index (χ4v) is 3.18. The summed E-state index contributed by atoms with van der Waals surface area (Å²) in [5.74, 6) is 0.307. The van der Waals surface area contributed by atoms with Crippen molar-refractivity contribution in [3.05, 3.63) is 40.3 Å². The van der Waals surface area contributed by atoms with Crippen molar-refractivity contribution in [3.63, 3.8) is 0 Å². The van der Waals surface area contributed by atoms with E-state index in [1.807, 2.05) is 0 Å². The van der Waals surface area contributed by atoms with E-state index < -0.39 is 0 Å². The van der Waals surface area contributed by atoms with Gasteiger partial charge in [0.15, 0.2) is 0 Å². The lowest BCUT2D eigenvalue weighted by Crippen LogP contribution is -2.16. The molecule has 3 N–H and O–H groups in total. The van der Waals surface area contributed by atoms with Crippen molar-refractivity contribution in [2.45, 2.75) is 27.7 Å². The van der Waals surface area contributed by atoms with E-state index >= 15 is 0 Å². The number of allylic oxidation sites excluding steroid dienone is 2. The molecule has 1 aromatic heterocycles. The maximum Gasteiger partial charge on any atom is 0.323 e. The lowest BCUT2D eigenvalue weighted by atomic mass is 10.1. The smallest absolute Gasteiger partial charge is 0.323 e. The minimum atomic E-state index is -0.245. The van der Waals surface area contributed by atoms with E-state index in [0.717, 1.165) is 5.52 Å². The van der Waals surface area contributed by atoms with Crippen molar-refractivity contribution >= 4 is 22.6 Å². The number of anilines is 1. The van der Waals surface area contributed by atoms with E-state index in [2.05, 4.69) is 49.1 Å². The van der Waals surface area contributed by atoms with Gasteiger partial charge in [-0.3, -0.25) is 4.79 Å². The van der Waals surface area contributed by atoms with Gasteiger partial charge in [0.05, 0.1) is 17.0 Å². The molecule has 0 bridgehead atoms. The highest BCUT2D eigenvalue weighted by Gasteiger charge is 2.60. The third-order valence-electron chi connectivity index (χ3n) is 4.49. The highest BCUT2D eigenvalue weighted by atomic mass is 16.2. The Balaban J connectivity index is 1.79. The molecule has 0 saturated heterocycles. The molecular formula is C17H21N3O2. The van der Waals surface area contributed by atoms with Crippen LogP contribution in [0.15, 0.2) is 34.6 Å². The van der Waals surface area contributed by atoms with Gasteiger partial charge < -0.3 is 15.3 Å². The van der Waals surface area contributed by atoms with Crippen molar-refractivity contribution < 1.29 is 4.79 Å². The summed E-state index contributed by atoms with van der Waals surface area (Å²) in [7, 11) is 0. The highest BCUT2D eigenvalue weighted by molar-refractivity contribution is 5.97. The molecule has 0 radical (unpaired) electrons. The summed E-state index contributed by atoms with van der Waals surface area (Å²) in [5, 5.41) is 2.96. The summed E-state index contributed by atoms with van der Waals surface area (Å²) in [6.45, 7) is 8.35. The van der Waals surface area contributed by atoms with Crippen molar-refractivity contribution in [3.8, 4) is 0 Å². The van der Waals surface area contributed by atoms with Gasteiger partial charge in [-0.15, -0.1) is 0 Å². The summed E-state index contributed by atoms with van der Waals surface area (Å²) >= 11 is 0. The average Bonchev–Trinajstić information content (AvgIpc) is 2.75. The van der Waals surface area contributed by atoms with Crippen molar-refractivity contribution in [2.24, 2.45) is 17.3 Å². The van der Waals surface area contributed by atoms with Crippen LogP contribution in [-0.4, -0.2) is 15.9 Å². The van der Waals surface area contributed by atoms with Crippen molar-refractivity contribution in [1.29, 1.82) is 0 Å². The van der Waals surface area contributed by atoms with Crippen LogP contribution in [0.5, 0.6) is 0 Å². The number of aromatic amines is 2. The number of amides is 1. The molecule has 1 aromatic carbocycles. The van der Waals surface area contributed by atoms with Gasteiger partial charge in [0.1, 0.15) is 0 Å². The molecule has 3 rings (SSSR count). The molecule has 0 aliphatic heterocycles. The number of aromatic nitrogens is 2. The Kier molecular flexibility index (Phi) is 3.24. The molecule has 0 unspecified atom stereocenters. The molecule has 22 heavy (non-hydrogen) atoms. The van der Waals surface area contributed by atoms with Crippen LogP contribution in [0, 0.1) is 17.3 Å². The molecule has 1 fully saturated rings. The molecule has 5 nitrogen and oxygen atoms in total. The first-order chi connectivity index (χ1) is 10.3. The molecule has 0 spiro atoms. The molecule has 1 saturated carbocycles. The SMILES string of the molecule is CC(C)=C[C@H]1[C@H](C(=O)Nc2ccc3[nH]c(=O)[nH]c3c2)C1(C)C. The van der Waals surface area contributed by atoms with Crippen molar-refractivity contribution in [2.75, 3.05) is 5.32 Å². The Hall–Kier alpha value is -2.30. The number of fused-ring (bicyclic) bond motifs is 1. The van der Waals surface area contributed by atoms with Gasteiger partial charge in [0.25, 0.3) is 0 Å². The second-order valence-electron chi connectivity index (χ2n) is 6.90. The molecule has 1 amide bonds. The first kappa shape index (κ1) is 14.6. The number of hydrogen-bond donors (Lipinski definition) is 3. The monoisotopic (exact) mass is 299 g/mol. The summed E-state index contributed by atoms with van der Waals surface area (Å²) in [5.41, 5.74) is 3.11. The quantitative estimate of drug-likeness (QED) is 0.762.